The van der Waals surface area contributed by atoms with Crippen molar-refractivity contribution in [1.82, 2.24) is 4.98 Å². The lowest BCUT2D eigenvalue weighted by atomic mass is 10.3. The molecule has 0 fully saturated rings. The first-order valence-corrected chi connectivity index (χ1v) is 3.50. The van der Waals surface area contributed by atoms with Gasteiger partial charge in [-0.15, -0.1) is 0 Å². The van der Waals surface area contributed by atoms with E-state index in [4.69, 9.17) is 0 Å². The molecule has 0 saturated carbocycles. The molecule has 1 aromatic heterocycles. The molecule has 1 heterocycles. The molecule has 0 saturated heterocycles. The van der Waals surface area contributed by atoms with Crippen LogP contribution < -0.4 is 0 Å². The molecule has 0 aliphatic carbocycles. The zero-order valence-electron chi connectivity index (χ0n) is 5.19. The van der Waals surface area contributed by atoms with Crippen molar-refractivity contribution in [2.75, 3.05) is 0 Å². The van der Waals surface area contributed by atoms with Crippen LogP contribution in [0.15, 0.2) is 16.7 Å². The lowest BCUT2D eigenvalue weighted by molar-refractivity contribution is 0.145. The Kier molecular flexibility index (Phi) is 2.49. The van der Waals surface area contributed by atoms with Gasteiger partial charge in [-0.3, -0.25) is 0 Å². The van der Waals surface area contributed by atoms with Crippen LogP contribution in [0, 0.1) is 5.82 Å². The zero-order valence-corrected chi connectivity index (χ0v) is 6.78. The van der Waals surface area contributed by atoms with Crippen molar-refractivity contribution in [2.24, 2.45) is 0 Å². The molecule has 0 N–H and O–H groups in total. The van der Waals surface area contributed by atoms with Crippen molar-refractivity contribution < 1.29 is 13.2 Å². The lowest BCUT2D eigenvalue weighted by Gasteiger charge is -1.98. The summed E-state index contributed by atoms with van der Waals surface area (Å²) < 4.78 is 36.0. The fourth-order valence-corrected chi connectivity index (χ4v) is 0.890. The summed E-state index contributed by atoms with van der Waals surface area (Å²) in [5.74, 6) is -0.644. The molecule has 60 valence electrons. The van der Waals surface area contributed by atoms with Crippen LogP contribution in [0.4, 0.5) is 13.2 Å². The Bertz CT molecular complexity index is 264. The second kappa shape index (κ2) is 3.21. The van der Waals surface area contributed by atoms with Crippen LogP contribution >= 0.6 is 15.9 Å². The molecule has 0 aliphatic rings. The topological polar surface area (TPSA) is 12.9 Å². The van der Waals surface area contributed by atoms with Gasteiger partial charge in [-0.05, 0) is 28.1 Å². The van der Waals surface area contributed by atoms with Crippen LogP contribution in [0.2, 0.25) is 0 Å². The van der Waals surface area contributed by atoms with E-state index in [9.17, 15) is 13.2 Å². The Balaban J connectivity index is 3.05. The molecule has 11 heavy (non-hydrogen) atoms. The summed E-state index contributed by atoms with van der Waals surface area (Å²) in [5, 5.41) is 0. The SMILES string of the molecule is Fc1ccc(C(F)F)nc1Br. The number of nitrogens with zero attached hydrogens (tertiary/aromatic N) is 1. The third kappa shape index (κ3) is 1.92. The third-order valence-electron chi connectivity index (χ3n) is 1.05. The number of hydrogen-bond donors (Lipinski definition) is 0. The van der Waals surface area contributed by atoms with Crippen molar-refractivity contribution in [3.63, 3.8) is 0 Å². The van der Waals surface area contributed by atoms with Crippen molar-refractivity contribution in [3.8, 4) is 0 Å². The molecule has 0 radical (unpaired) electrons. The minimum absolute atomic E-state index is 0.185. The predicted octanol–water partition coefficient (Wildman–Crippen LogP) is 2.92. The Morgan fingerprint density at radius 1 is 1.36 bits per heavy atom. The monoisotopic (exact) mass is 225 g/mol. The number of halogens is 4. The molecule has 0 atom stereocenters. The number of rotatable bonds is 1. The smallest absolute Gasteiger partial charge is 0.237 e. The van der Waals surface area contributed by atoms with E-state index < -0.39 is 17.9 Å². The largest absolute Gasteiger partial charge is 0.280 e. The van der Waals surface area contributed by atoms with E-state index in [1.807, 2.05) is 0 Å². The summed E-state index contributed by atoms with van der Waals surface area (Å²) in [6.07, 6.45) is -2.66. The van der Waals surface area contributed by atoms with Gasteiger partial charge in [0.05, 0.1) is 0 Å². The van der Waals surface area contributed by atoms with Gasteiger partial charge >= 0.3 is 0 Å². The number of hydrogen-bond acceptors (Lipinski definition) is 1. The van der Waals surface area contributed by atoms with Crippen LogP contribution in [-0.2, 0) is 0 Å². The second-order valence-electron chi connectivity index (χ2n) is 1.81. The molecular formula is C6H3BrF3N. The maximum absolute atomic E-state index is 12.4. The van der Waals surface area contributed by atoms with Gasteiger partial charge in [0.15, 0.2) is 5.82 Å². The van der Waals surface area contributed by atoms with Crippen LogP contribution in [0.5, 0.6) is 0 Å². The van der Waals surface area contributed by atoms with E-state index in [1.54, 1.807) is 0 Å². The molecule has 1 nitrogen and oxygen atoms in total. The minimum Gasteiger partial charge on any atom is -0.237 e. The fourth-order valence-electron chi connectivity index (χ4n) is 0.553. The standard InChI is InChI=1S/C6H3BrF3N/c7-5-3(8)1-2-4(11-5)6(9)10/h1-2,6H. The zero-order chi connectivity index (χ0) is 8.43. The molecule has 0 amide bonds. The summed E-state index contributed by atoms with van der Waals surface area (Å²) in [5.41, 5.74) is -0.432. The van der Waals surface area contributed by atoms with Gasteiger partial charge in [0.2, 0.25) is 0 Å². The molecule has 1 aromatic rings. The van der Waals surface area contributed by atoms with E-state index in [0.29, 0.717) is 0 Å². The Morgan fingerprint density at radius 2 is 2.00 bits per heavy atom. The fraction of sp³-hybridized carbons (Fsp3) is 0.167. The molecule has 0 bridgehead atoms. The average molecular weight is 226 g/mol. The third-order valence-corrected chi connectivity index (χ3v) is 1.60. The highest BCUT2D eigenvalue weighted by Gasteiger charge is 2.10. The van der Waals surface area contributed by atoms with Crippen LogP contribution in [0.3, 0.4) is 0 Å². The summed E-state index contributed by atoms with van der Waals surface area (Å²) in [6.45, 7) is 0. The van der Waals surface area contributed by atoms with Crippen molar-refractivity contribution in [3.05, 3.63) is 28.2 Å². The first-order valence-electron chi connectivity index (χ1n) is 2.71. The summed E-state index contributed by atoms with van der Waals surface area (Å²) in [7, 11) is 0. The van der Waals surface area contributed by atoms with Crippen LogP contribution in [0.25, 0.3) is 0 Å². The summed E-state index contributed by atoms with van der Waals surface area (Å²) >= 11 is 2.69. The van der Waals surface area contributed by atoms with Gasteiger partial charge in [0.1, 0.15) is 10.3 Å². The van der Waals surface area contributed by atoms with E-state index in [0.717, 1.165) is 12.1 Å². The first kappa shape index (κ1) is 8.52. The average Bonchev–Trinajstić information content (AvgIpc) is 1.94. The molecule has 0 unspecified atom stereocenters. The van der Waals surface area contributed by atoms with E-state index in [-0.39, 0.29) is 4.60 Å². The summed E-state index contributed by atoms with van der Waals surface area (Å²) in [4.78, 5) is 3.26. The quantitative estimate of drug-likeness (QED) is 0.671. The lowest BCUT2D eigenvalue weighted by Crippen LogP contribution is -1.91. The second-order valence-corrected chi connectivity index (χ2v) is 2.56. The number of alkyl halides is 2. The minimum atomic E-state index is -2.66. The predicted molar refractivity (Wildman–Crippen MR) is 36.9 cm³/mol. The maximum Gasteiger partial charge on any atom is 0.280 e. The van der Waals surface area contributed by atoms with Gasteiger partial charge in [0.25, 0.3) is 6.43 Å². The summed E-state index contributed by atoms with van der Waals surface area (Å²) in [6, 6.07) is 1.89. The van der Waals surface area contributed by atoms with Gasteiger partial charge in [0, 0.05) is 0 Å². The molecular weight excluding hydrogens is 223 g/mol. The number of aromatic nitrogens is 1. The Labute approximate surface area is 69.4 Å². The van der Waals surface area contributed by atoms with Crippen molar-refractivity contribution in [1.29, 1.82) is 0 Å². The van der Waals surface area contributed by atoms with Gasteiger partial charge in [-0.1, -0.05) is 0 Å². The highest BCUT2D eigenvalue weighted by atomic mass is 79.9. The van der Waals surface area contributed by atoms with Gasteiger partial charge in [-0.2, -0.15) is 0 Å². The molecule has 0 aromatic carbocycles. The van der Waals surface area contributed by atoms with E-state index >= 15 is 0 Å². The molecule has 5 heteroatoms. The van der Waals surface area contributed by atoms with Crippen LogP contribution in [-0.4, -0.2) is 4.98 Å². The molecule has 1 rings (SSSR count). The van der Waals surface area contributed by atoms with Gasteiger partial charge in [-0.25, -0.2) is 18.2 Å². The van der Waals surface area contributed by atoms with Gasteiger partial charge < -0.3 is 0 Å². The van der Waals surface area contributed by atoms with Crippen LogP contribution in [0.1, 0.15) is 12.1 Å². The first-order chi connectivity index (χ1) is 5.11. The Morgan fingerprint density at radius 3 is 2.45 bits per heavy atom. The molecule has 0 spiro atoms. The normalized spacial score (nSPS) is 10.6. The number of pyridine rings is 1. The van der Waals surface area contributed by atoms with E-state index in [1.165, 1.54) is 0 Å². The van der Waals surface area contributed by atoms with E-state index in [2.05, 4.69) is 20.9 Å². The highest BCUT2D eigenvalue weighted by molar-refractivity contribution is 9.10. The van der Waals surface area contributed by atoms with Crippen molar-refractivity contribution in [2.45, 2.75) is 6.43 Å². The Hall–Kier alpha value is -0.580. The maximum atomic E-state index is 12.4. The highest BCUT2D eigenvalue weighted by Crippen LogP contribution is 2.20. The van der Waals surface area contributed by atoms with Crippen molar-refractivity contribution >= 4 is 15.9 Å². The molecule has 0 aliphatic heterocycles.